The standard InChI is InChI=1S/C19H20N6O2S/c1-12-6-5-7-13(10-12)18(27)23-21-16(26)11-28-19-24-22-17(25(19)2)14-8-3-4-9-15(14)20/h3-10H,11,20H2,1-2H3,(H,21,26)(H,23,27). The molecule has 9 heteroatoms. The SMILES string of the molecule is Cc1cccc(C(=O)NNC(=O)CSc2nnc(-c3ccccc3N)n2C)c1. The van der Waals surface area contributed by atoms with E-state index in [1.165, 1.54) is 11.8 Å². The van der Waals surface area contributed by atoms with Crippen LogP contribution in [0.15, 0.2) is 53.7 Å². The summed E-state index contributed by atoms with van der Waals surface area (Å²) in [5.74, 6) is -0.0317. The van der Waals surface area contributed by atoms with Crippen LogP contribution in [0.4, 0.5) is 5.69 Å². The van der Waals surface area contributed by atoms with Gasteiger partial charge in [-0.05, 0) is 31.2 Å². The number of nitrogens with one attached hydrogen (secondary N) is 2. The van der Waals surface area contributed by atoms with Crippen molar-refractivity contribution in [3.8, 4) is 11.4 Å². The van der Waals surface area contributed by atoms with E-state index < -0.39 is 0 Å². The van der Waals surface area contributed by atoms with Gasteiger partial charge >= 0.3 is 0 Å². The average Bonchev–Trinajstić information content (AvgIpc) is 3.05. The van der Waals surface area contributed by atoms with Gasteiger partial charge in [-0.15, -0.1) is 10.2 Å². The molecule has 144 valence electrons. The van der Waals surface area contributed by atoms with Gasteiger partial charge in [-0.25, -0.2) is 0 Å². The molecule has 8 nitrogen and oxygen atoms in total. The molecule has 0 radical (unpaired) electrons. The van der Waals surface area contributed by atoms with E-state index >= 15 is 0 Å². The third-order valence-electron chi connectivity index (χ3n) is 3.96. The molecule has 0 bridgehead atoms. The number of hydrogen-bond donors (Lipinski definition) is 3. The highest BCUT2D eigenvalue weighted by molar-refractivity contribution is 7.99. The Labute approximate surface area is 166 Å². The molecule has 0 saturated carbocycles. The molecule has 28 heavy (non-hydrogen) atoms. The van der Waals surface area contributed by atoms with Crippen LogP contribution in [0, 0.1) is 6.92 Å². The van der Waals surface area contributed by atoms with Crippen molar-refractivity contribution in [2.24, 2.45) is 7.05 Å². The molecule has 0 fully saturated rings. The summed E-state index contributed by atoms with van der Waals surface area (Å²) in [6.07, 6.45) is 0. The minimum atomic E-state index is -0.373. The van der Waals surface area contributed by atoms with Gasteiger partial charge in [0.2, 0.25) is 5.91 Å². The quantitative estimate of drug-likeness (QED) is 0.345. The molecule has 1 aromatic heterocycles. The van der Waals surface area contributed by atoms with Crippen LogP contribution < -0.4 is 16.6 Å². The molecule has 0 aliphatic carbocycles. The third-order valence-corrected chi connectivity index (χ3v) is 4.98. The summed E-state index contributed by atoms with van der Waals surface area (Å²) < 4.78 is 1.77. The molecule has 4 N–H and O–H groups in total. The lowest BCUT2D eigenvalue weighted by Crippen LogP contribution is -2.42. The molecule has 1 heterocycles. The fraction of sp³-hybridized carbons (Fsp3) is 0.158. The average molecular weight is 396 g/mol. The highest BCUT2D eigenvalue weighted by Gasteiger charge is 2.15. The largest absolute Gasteiger partial charge is 0.398 e. The number of amides is 2. The molecule has 0 saturated heterocycles. The molecular formula is C19H20N6O2S. The van der Waals surface area contributed by atoms with Crippen molar-refractivity contribution in [2.75, 3.05) is 11.5 Å². The zero-order chi connectivity index (χ0) is 20.1. The first kappa shape index (κ1) is 19.4. The van der Waals surface area contributed by atoms with Gasteiger partial charge in [0.1, 0.15) is 0 Å². The van der Waals surface area contributed by atoms with Crippen LogP contribution >= 0.6 is 11.8 Å². The lowest BCUT2D eigenvalue weighted by atomic mass is 10.1. The predicted octanol–water partition coefficient (Wildman–Crippen LogP) is 1.93. The van der Waals surface area contributed by atoms with Crippen molar-refractivity contribution in [1.29, 1.82) is 0 Å². The maximum Gasteiger partial charge on any atom is 0.269 e. The monoisotopic (exact) mass is 396 g/mol. The Hall–Kier alpha value is -3.33. The van der Waals surface area contributed by atoms with E-state index in [1.54, 1.807) is 28.8 Å². The molecule has 3 aromatic rings. The number of aryl methyl sites for hydroxylation is 1. The van der Waals surface area contributed by atoms with Gasteiger partial charge in [-0.1, -0.05) is 41.6 Å². The number of carbonyl (C=O) groups excluding carboxylic acids is 2. The molecule has 0 aliphatic rings. The van der Waals surface area contributed by atoms with E-state index in [4.69, 9.17) is 5.73 Å². The van der Waals surface area contributed by atoms with Crippen LogP contribution in [0.25, 0.3) is 11.4 Å². The molecule has 0 spiro atoms. The second-order valence-corrected chi connectivity index (χ2v) is 7.06. The summed E-state index contributed by atoms with van der Waals surface area (Å²) in [6.45, 7) is 1.89. The number of carbonyl (C=O) groups is 2. The molecular weight excluding hydrogens is 376 g/mol. The highest BCUT2D eigenvalue weighted by Crippen LogP contribution is 2.26. The lowest BCUT2D eigenvalue weighted by Gasteiger charge is -2.08. The number of hydrazine groups is 1. The maximum atomic E-state index is 12.1. The zero-order valence-corrected chi connectivity index (χ0v) is 16.3. The first-order valence-electron chi connectivity index (χ1n) is 8.48. The van der Waals surface area contributed by atoms with Crippen LogP contribution in [0.3, 0.4) is 0 Å². The summed E-state index contributed by atoms with van der Waals surface area (Å²) in [5.41, 5.74) is 13.6. The fourth-order valence-corrected chi connectivity index (χ4v) is 3.24. The first-order chi connectivity index (χ1) is 13.5. The van der Waals surface area contributed by atoms with E-state index in [-0.39, 0.29) is 17.6 Å². The summed E-state index contributed by atoms with van der Waals surface area (Å²) >= 11 is 1.21. The van der Waals surface area contributed by atoms with Crippen LogP contribution in [-0.4, -0.2) is 32.3 Å². The molecule has 2 amide bonds. The molecule has 2 aromatic carbocycles. The number of para-hydroxylation sites is 1. The van der Waals surface area contributed by atoms with Crippen molar-refractivity contribution < 1.29 is 9.59 Å². The van der Waals surface area contributed by atoms with E-state index in [9.17, 15) is 9.59 Å². The van der Waals surface area contributed by atoms with Gasteiger partial charge < -0.3 is 10.3 Å². The number of benzene rings is 2. The number of rotatable bonds is 5. The topological polar surface area (TPSA) is 115 Å². The van der Waals surface area contributed by atoms with E-state index in [0.717, 1.165) is 11.1 Å². The van der Waals surface area contributed by atoms with Gasteiger partial charge in [0.25, 0.3) is 5.91 Å². The van der Waals surface area contributed by atoms with Crippen molar-refractivity contribution in [2.45, 2.75) is 12.1 Å². The smallest absolute Gasteiger partial charge is 0.269 e. The third kappa shape index (κ3) is 4.49. The van der Waals surface area contributed by atoms with E-state index in [0.29, 0.717) is 22.2 Å². The zero-order valence-electron chi connectivity index (χ0n) is 15.5. The van der Waals surface area contributed by atoms with Gasteiger partial charge in [-0.2, -0.15) is 0 Å². The highest BCUT2D eigenvalue weighted by atomic mass is 32.2. The molecule has 3 rings (SSSR count). The van der Waals surface area contributed by atoms with Gasteiger partial charge in [0.05, 0.1) is 5.75 Å². The van der Waals surface area contributed by atoms with Crippen LogP contribution in [0.1, 0.15) is 15.9 Å². The van der Waals surface area contributed by atoms with Crippen molar-refractivity contribution in [3.63, 3.8) is 0 Å². The Morgan fingerprint density at radius 2 is 1.89 bits per heavy atom. The van der Waals surface area contributed by atoms with Crippen molar-refractivity contribution in [1.82, 2.24) is 25.6 Å². The van der Waals surface area contributed by atoms with Gasteiger partial charge in [-0.3, -0.25) is 20.4 Å². The number of thioether (sulfide) groups is 1. The number of nitrogens with zero attached hydrogens (tertiary/aromatic N) is 3. The normalized spacial score (nSPS) is 10.5. The maximum absolute atomic E-state index is 12.1. The Kier molecular flexibility index (Phi) is 5.95. The molecule has 0 atom stereocenters. The number of hydrogen-bond acceptors (Lipinski definition) is 6. The molecule has 0 unspecified atom stereocenters. The van der Waals surface area contributed by atoms with Crippen LogP contribution in [-0.2, 0) is 11.8 Å². The summed E-state index contributed by atoms with van der Waals surface area (Å²) in [4.78, 5) is 24.1. The van der Waals surface area contributed by atoms with Gasteiger partial charge in [0, 0.05) is 23.9 Å². The summed E-state index contributed by atoms with van der Waals surface area (Å²) in [5, 5.41) is 8.84. The van der Waals surface area contributed by atoms with E-state index in [1.807, 2.05) is 38.2 Å². The Morgan fingerprint density at radius 3 is 2.64 bits per heavy atom. The number of nitrogens with two attached hydrogens (primary N) is 1. The Balaban J connectivity index is 1.55. The van der Waals surface area contributed by atoms with Crippen molar-refractivity contribution >= 4 is 29.3 Å². The predicted molar refractivity (Wildman–Crippen MR) is 108 cm³/mol. The summed E-state index contributed by atoms with van der Waals surface area (Å²) in [7, 11) is 1.81. The molecule has 0 aliphatic heterocycles. The number of aromatic nitrogens is 3. The Morgan fingerprint density at radius 1 is 1.11 bits per heavy atom. The first-order valence-corrected chi connectivity index (χ1v) is 9.47. The Bertz CT molecular complexity index is 1020. The van der Waals surface area contributed by atoms with Crippen LogP contribution in [0.5, 0.6) is 0 Å². The number of nitrogen functional groups attached to an aromatic ring is 1. The van der Waals surface area contributed by atoms with E-state index in [2.05, 4.69) is 21.0 Å². The minimum Gasteiger partial charge on any atom is -0.398 e. The number of anilines is 1. The van der Waals surface area contributed by atoms with Crippen LogP contribution in [0.2, 0.25) is 0 Å². The second kappa shape index (κ2) is 8.57. The van der Waals surface area contributed by atoms with Gasteiger partial charge in [0.15, 0.2) is 11.0 Å². The lowest BCUT2D eigenvalue weighted by molar-refractivity contribution is -0.119. The second-order valence-electron chi connectivity index (χ2n) is 6.11. The van der Waals surface area contributed by atoms with Crippen molar-refractivity contribution in [3.05, 3.63) is 59.7 Å². The fourth-order valence-electron chi connectivity index (χ4n) is 2.53. The minimum absolute atomic E-state index is 0.0738. The summed E-state index contributed by atoms with van der Waals surface area (Å²) in [6, 6.07) is 14.5.